The maximum absolute atomic E-state index is 11.9. The Labute approximate surface area is 88.3 Å². The number of amides is 1. The van der Waals surface area contributed by atoms with Crippen molar-refractivity contribution in [3.8, 4) is 0 Å². The van der Waals surface area contributed by atoms with Crippen molar-refractivity contribution in [2.75, 3.05) is 6.54 Å². The van der Waals surface area contributed by atoms with Gasteiger partial charge in [-0.15, -0.1) is 0 Å². The predicted molar refractivity (Wildman–Crippen MR) is 55.2 cm³/mol. The van der Waals surface area contributed by atoms with E-state index in [1.165, 1.54) is 12.8 Å². The summed E-state index contributed by atoms with van der Waals surface area (Å²) in [6.45, 7) is 0.703. The van der Waals surface area contributed by atoms with E-state index in [-0.39, 0.29) is 5.91 Å². The van der Waals surface area contributed by atoms with Crippen molar-refractivity contribution in [1.29, 1.82) is 0 Å². The number of hydrogen-bond donors (Lipinski definition) is 1. The highest BCUT2D eigenvalue weighted by atomic mass is 16.3. The van der Waals surface area contributed by atoms with Gasteiger partial charge in [0.05, 0.1) is 0 Å². The fraction of sp³-hybridized carbons (Fsp3) is 0.417. The van der Waals surface area contributed by atoms with E-state index in [1.807, 2.05) is 18.2 Å². The van der Waals surface area contributed by atoms with E-state index in [0.29, 0.717) is 18.0 Å². The van der Waals surface area contributed by atoms with E-state index in [4.69, 9.17) is 0 Å². The fourth-order valence-corrected chi connectivity index (χ4v) is 2.11. The van der Waals surface area contributed by atoms with Crippen LogP contribution >= 0.6 is 0 Å². The molecule has 1 aliphatic carbocycles. The SMILES string of the molecule is O=C1c2ccccc2C(O)N1CC1CC1. The third-order valence-electron chi connectivity index (χ3n) is 3.18. The van der Waals surface area contributed by atoms with Crippen LogP contribution in [0.3, 0.4) is 0 Å². The maximum Gasteiger partial charge on any atom is 0.256 e. The molecule has 1 aliphatic heterocycles. The number of aliphatic hydroxyl groups is 1. The van der Waals surface area contributed by atoms with Crippen molar-refractivity contribution in [3.63, 3.8) is 0 Å². The molecule has 15 heavy (non-hydrogen) atoms. The summed E-state index contributed by atoms with van der Waals surface area (Å²) in [5.41, 5.74) is 1.41. The molecule has 1 saturated carbocycles. The zero-order valence-electron chi connectivity index (χ0n) is 8.39. The molecule has 1 amide bonds. The van der Waals surface area contributed by atoms with Gasteiger partial charge in [-0.1, -0.05) is 18.2 Å². The van der Waals surface area contributed by atoms with Crippen molar-refractivity contribution in [1.82, 2.24) is 4.90 Å². The van der Waals surface area contributed by atoms with Crippen molar-refractivity contribution in [3.05, 3.63) is 35.4 Å². The molecule has 3 rings (SSSR count). The summed E-state index contributed by atoms with van der Waals surface area (Å²) in [6, 6.07) is 7.30. The first-order valence-electron chi connectivity index (χ1n) is 5.35. The van der Waals surface area contributed by atoms with Crippen molar-refractivity contribution < 1.29 is 9.90 Å². The number of fused-ring (bicyclic) bond motifs is 1. The molecular formula is C12H13NO2. The molecule has 0 aromatic heterocycles. The third kappa shape index (κ3) is 1.35. The molecular weight excluding hydrogens is 190 g/mol. The molecule has 1 atom stereocenters. The van der Waals surface area contributed by atoms with Crippen LogP contribution in [-0.4, -0.2) is 22.5 Å². The third-order valence-corrected chi connectivity index (χ3v) is 3.18. The minimum Gasteiger partial charge on any atom is -0.369 e. The van der Waals surface area contributed by atoms with Crippen LogP contribution in [0.25, 0.3) is 0 Å². The number of rotatable bonds is 2. The number of benzene rings is 1. The van der Waals surface area contributed by atoms with Gasteiger partial charge < -0.3 is 10.0 Å². The summed E-state index contributed by atoms with van der Waals surface area (Å²) >= 11 is 0. The van der Waals surface area contributed by atoms with E-state index in [9.17, 15) is 9.90 Å². The van der Waals surface area contributed by atoms with Gasteiger partial charge in [-0.05, 0) is 24.8 Å². The maximum atomic E-state index is 11.9. The first-order valence-corrected chi connectivity index (χ1v) is 5.35. The highest BCUT2D eigenvalue weighted by molar-refractivity contribution is 5.98. The van der Waals surface area contributed by atoms with Crippen LogP contribution in [0.15, 0.2) is 24.3 Å². The quantitative estimate of drug-likeness (QED) is 0.792. The molecule has 1 N–H and O–H groups in total. The Morgan fingerprint density at radius 3 is 2.73 bits per heavy atom. The van der Waals surface area contributed by atoms with Crippen molar-refractivity contribution in [2.24, 2.45) is 5.92 Å². The molecule has 0 spiro atoms. The number of carbonyl (C=O) groups excluding carboxylic acids is 1. The summed E-state index contributed by atoms with van der Waals surface area (Å²) in [7, 11) is 0. The second kappa shape index (κ2) is 3.07. The van der Waals surface area contributed by atoms with Crippen LogP contribution < -0.4 is 0 Å². The lowest BCUT2D eigenvalue weighted by molar-refractivity contribution is 0.0156. The minimum atomic E-state index is -0.728. The number of aliphatic hydroxyl groups excluding tert-OH is 1. The normalized spacial score (nSPS) is 24.5. The second-order valence-electron chi connectivity index (χ2n) is 4.36. The van der Waals surface area contributed by atoms with Gasteiger partial charge in [-0.25, -0.2) is 0 Å². The fourth-order valence-electron chi connectivity index (χ4n) is 2.11. The lowest BCUT2D eigenvalue weighted by Crippen LogP contribution is -2.29. The monoisotopic (exact) mass is 203 g/mol. The molecule has 1 unspecified atom stereocenters. The predicted octanol–water partition coefficient (Wildman–Crippen LogP) is 1.54. The molecule has 78 valence electrons. The van der Waals surface area contributed by atoms with Gasteiger partial charge >= 0.3 is 0 Å². The zero-order chi connectivity index (χ0) is 10.4. The Bertz CT molecular complexity index is 412. The van der Waals surface area contributed by atoms with E-state index in [1.54, 1.807) is 11.0 Å². The highest BCUT2D eigenvalue weighted by Gasteiger charge is 2.38. The van der Waals surface area contributed by atoms with Crippen molar-refractivity contribution in [2.45, 2.75) is 19.1 Å². The number of nitrogens with zero attached hydrogens (tertiary/aromatic N) is 1. The van der Waals surface area contributed by atoms with Gasteiger partial charge in [0.1, 0.15) is 0 Å². The average molecular weight is 203 g/mol. The molecule has 1 heterocycles. The Kier molecular flexibility index (Phi) is 1.83. The van der Waals surface area contributed by atoms with E-state index in [0.717, 1.165) is 5.56 Å². The Balaban J connectivity index is 1.93. The summed E-state index contributed by atoms with van der Waals surface area (Å²) < 4.78 is 0. The summed E-state index contributed by atoms with van der Waals surface area (Å²) in [5.74, 6) is 0.586. The molecule has 0 saturated heterocycles. The van der Waals surface area contributed by atoms with Crippen LogP contribution in [0.4, 0.5) is 0 Å². The summed E-state index contributed by atoms with van der Waals surface area (Å²) in [6.07, 6.45) is 1.65. The Morgan fingerprint density at radius 1 is 1.33 bits per heavy atom. The van der Waals surface area contributed by atoms with Crippen molar-refractivity contribution >= 4 is 5.91 Å². The average Bonchev–Trinajstić information content (AvgIpc) is 3.04. The van der Waals surface area contributed by atoms with E-state index >= 15 is 0 Å². The molecule has 1 aromatic carbocycles. The van der Waals surface area contributed by atoms with Crippen LogP contribution in [0.5, 0.6) is 0 Å². The molecule has 3 heteroatoms. The lowest BCUT2D eigenvalue weighted by Gasteiger charge is -2.20. The first-order chi connectivity index (χ1) is 7.27. The zero-order valence-corrected chi connectivity index (χ0v) is 8.39. The molecule has 3 nitrogen and oxygen atoms in total. The van der Waals surface area contributed by atoms with Crippen LogP contribution in [0, 0.1) is 5.92 Å². The van der Waals surface area contributed by atoms with Gasteiger partial charge in [0, 0.05) is 17.7 Å². The van der Waals surface area contributed by atoms with Crippen LogP contribution in [-0.2, 0) is 0 Å². The van der Waals surface area contributed by atoms with Gasteiger partial charge in [0.2, 0.25) is 0 Å². The highest BCUT2D eigenvalue weighted by Crippen LogP contribution is 2.37. The molecule has 2 aliphatic rings. The van der Waals surface area contributed by atoms with Gasteiger partial charge in [0.15, 0.2) is 6.23 Å². The topological polar surface area (TPSA) is 40.5 Å². The molecule has 0 bridgehead atoms. The smallest absolute Gasteiger partial charge is 0.256 e. The van der Waals surface area contributed by atoms with Gasteiger partial charge in [0.25, 0.3) is 5.91 Å². The first kappa shape index (κ1) is 8.92. The van der Waals surface area contributed by atoms with E-state index < -0.39 is 6.23 Å². The standard InChI is InChI=1S/C12H13NO2/c14-11-9-3-1-2-4-10(9)12(15)13(11)7-8-5-6-8/h1-4,8,11,14H,5-7H2. The van der Waals surface area contributed by atoms with E-state index in [2.05, 4.69) is 0 Å². The number of hydrogen-bond acceptors (Lipinski definition) is 2. The minimum absolute atomic E-state index is 0.0231. The Morgan fingerprint density at radius 2 is 2.07 bits per heavy atom. The largest absolute Gasteiger partial charge is 0.369 e. The molecule has 1 aromatic rings. The Hall–Kier alpha value is -1.35. The molecule has 0 radical (unpaired) electrons. The lowest BCUT2D eigenvalue weighted by atomic mass is 10.1. The molecule has 1 fully saturated rings. The van der Waals surface area contributed by atoms with Crippen LogP contribution in [0.2, 0.25) is 0 Å². The second-order valence-corrected chi connectivity index (χ2v) is 4.36. The van der Waals surface area contributed by atoms with Gasteiger partial charge in [-0.3, -0.25) is 4.79 Å². The van der Waals surface area contributed by atoms with Gasteiger partial charge in [-0.2, -0.15) is 0 Å². The summed E-state index contributed by atoms with van der Waals surface area (Å²) in [5, 5.41) is 9.99. The summed E-state index contributed by atoms with van der Waals surface area (Å²) in [4.78, 5) is 13.5. The number of carbonyl (C=O) groups is 1. The van der Waals surface area contributed by atoms with Crippen LogP contribution in [0.1, 0.15) is 35.0 Å².